The number of rotatable bonds is 2. The summed E-state index contributed by atoms with van der Waals surface area (Å²) in [6, 6.07) is 2.99. The van der Waals surface area contributed by atoms with Crippen LogP contribution in [0.3, 0.4) is 0 Å². The van der Waals surface area contributed by atoms with Crippen LogP contribution in [0.4, 0.5) is 4.39 Å². The lowest BCUT2D eigenvalue weighted by Gasteiger charge is -2.24. The molecule has 0 N–H and O–H groups in total. The van der Waals surface area contributed by atoms with Gasteiger partial charge in [0.2, 0.25) is 0 Å². The van der Waals surface area contributed by atoms with Gasteiger partial charge in [0.25, 0.3) is 0 Å². The SMILES string of the molecule is CC(C)(C)C(Cl)Cc1ncccc1F. The summed E-state index contributed by atoms with van der Waals surface area (Å²) in [6.45, 7) is 6.10. The highest BCUT2D eigenvalue weighted by Crippen LogP contribution is 2.27. The summed E-state index contributed by atoms with van der Waals surface area (Å²) >= 11 is 6.16. The third kappa shape index (κ3) is 2.95. The van der Waals surface area contributed by atoms with Crippen LogP contribution in [-0.2, 0) is 6.42 Å². The predicted octanol–water partition coefficient (Wildman–Crippen LogP) is 3.42. The lowest BCUT2D eigenvalue weighted by atomic mass is 9.89. The number of pyridine rings is 1. The largest absolute Gasteiger partial charge is 0.258 e. The first kappa shape index (κ1) is 11.4. The fourth-order valence-electron chi connectivity index (χ4n) is 1.04. The van der Waals surface area contributed by atoms with Crippen molar-refractivity contribution in [2.75, 3.05) is 0 Å². The minimum atomic E-state index is -0.276. The van der Waals surface area contributed by atoms with E-state index in [0.29, 0.717) is 12.1 Å². The summed E-state index contributed by atoms with van der Waals surface area (Å²) in [4.78, 5) is 3.97. The molecule has 78 valence electrons. The Kier molecular flexibility index (Phi) is 3.48. The number of hydrogen-bond acceptors (Lipinski definition) is 1. The van der Waals surface area contributed by atoms with Crippen molar-refractivity contribution >= 4 is 11.6 Å². The molecule has 3 heteroatoms. The molecular formula is C11H15ClFN. The summed E-state index contributed by atoms with van der Waals surface area (Å²) in [7, 11) is 0. The van der Waals surface area contributed by atoms with Gasteiger partial charge in [-0.05, 0) is 17.5 Å². The van der Waals surface area contributed by atoms with Gasteiger partial charge < -0.3 is 0 Å². The lowest BCUT2D eigenvalue weighted by molar-refractivity contribution is 0.381. The maximum Gasteiger partial charge on any atom is 0.144 e. The second-order valence-corrected chi connectivity index (χ2v) is 5.00. The van der Waals surface area contributed by atoms with E-state index in [4.69, 9.17) is 11.6 Å². The van der Waals surface area contributed by atoms with E-state index in [9.17, 15) is 4.39 Å². The summed E-state index contributed by atoms with van der Waals surface area (Å²) < 4.78 is 13.2. The molecule has 0 saturated heterocycles. The van der Waals surface area contributed by atoms with Crippen LogP contribution in [0.15, 0.2) is 18.3 Å². The van der Waals surface area contributed by atoms with Gasteiger partial charge in [0.15, 0.2) is 0 Å². The average Bonchev–Trinajstić information content (AvgIpc) is 2.07. The Hall–Kier alpha value is -0.630. The van der Waals surface area contributed by atoms with Crippen LogP contribution >= 0.6 is 11.6 Å². The van der Waals surface area contributed by atoms with Crippen molar-refractivity contribution in [2.24, 2.45) is 5.41 Å². The number of nitrogens with zero attached hydrogens (tertiary/aromatic N) is 1. The van der Waals surface area contributed by atoms with E-state index < -0.39 is 0 Å². The van der Waals surface area contributed by atoms with E-state index in [1.54, 1.807) is 12.3 Å². The van der Waals surface area contributed by atoms with Gasteiger partial charge in [0.1, 0.15) is 5.82 Å². The molecule has 1 aromatic heterocycles. The Morgan fingerprint density at radius 1 is 1.50 bits per heavy atom. The van der Waals surface area contributed by atoms with Gasteiger partial charge in [-0.3, -0.25) is 4.98 Å². The van der Waals surface area contributed by atoms with Crippen molar-refractivity contribution in [3.05, 3.63) is 29.8 Å². The molecule has 0 radical (unpaired) electrons. The molecule has 1 atom stereocenters. The molecule has 14 heavy (non-hydrogen) atoms. The number of aromatic nitrogens is 1. The minimum Gasteiger partial charge on any atom is -0.258 e. The Morgan fingerprint density at radius 3 is 2.64 bits per heavy atom. The Balaban J connectivity index is 2.75. The van der Waals surface area contributed by atoms with Crippen LogP contribution in [-0.4, -0.2) is 10.4 Å². The quantitative estimate of drug-likeness (QED) is 0.689. The molecule has 0 aliphatic rings. The first-order valence-electron chi connectivity index (χ1n) is 4.64. The lowest BCUT2D eigenvalue weighted by Crippen LogP contribution is -2.23. The highest BCUT2D eigenvalue weighted by Gasteiger charge is 2.23. The van der Waals surface area contributed by atoms with Crippen molar-refractivity contribution in [1.29, 1.82) is 0 Å². The zero-order valence-corrected chi connectivity index (χ0v) is 9.48. The molecule has 0 aromatic carbocycles. The van der Waals surface area contributed by atoms with E-state index in [-0.39, 0.29) is 16.6 Å². The highest BCUT2D eigenvalue weighted by atomic mass is 35.5. The minimum absolute atomic E-state index is 0.0362. The second kappa shape index (κ2) is 4.26. The first-order chi connectivity index (χ1) is 6.41. The number of hydrogen-bond donors (Lipinski definition) is 0. The standard InChI is InChI=1S/C11H15ClFN/c1-11(2,3)10(12)7-9-8(13)5-4-6-14-9/h4-6,10H,7H2,1-3H3. The van der Waals surface area contributed by atoms with E-state index in [1.807, 2.05) is 20.8 Å². The van der Waals surface area contributed by atoms with Gasteiger partial charge in [0, 0.05) is 18.0 Å². The van der Waals surface area contributed by atoms with Crippen LogP contribution in [0.5, 0.6) is 0 Å². The zero-order chi connectivity index (χ0) is 10.8. The Labute approximate surface area is 89.3 Å². The number of halogens is 2. The van der Waals surface area contributed by atoms with Gasteiger partial charge in [-0.1, -0.05) is 20.8 Å². The topological polar surface area (TPSA) is 12.9 Å². The van der Waals surface area contributed by atoms with Crippen molar-refractivity contribution in [3.63, 3.8) is 0 Å². The van der Waals surface area contributed by atoms with Crippen molar-refractivity contribution in [3.8, 4) is 0 Å². The smallest absolute Gasteiger partial charge is 0.144 e. The molecule has 0 bridgehead atoms. The molecule has 0 aliphatic carbocycles. The molecule has 1 heterocycles. The van der Waals surface area contributed by atoms with Crippen LogP contribution in [0, 0.1) is 11.2 Å². The summed E-state index contributed by atoms with van der Waals surface area (Å²) in [5.41, 5.74) is 0.410. The van der Waals surface area contributed by atoms with Gasteiger partial charge in [-0.2, -0.15) is 0 Å². The van der Waals surface area contributed by atoms with E-state index in [0.717, 1.165) is 0 Å². The monoisotopic (exact) mass is 215 g/mol. The third-order valence-corrected chi connectivity index (χ3v) is 2.96. The summed E-state index contributed by atoms with van der Waals surface area (Å²) in [6.07, 6.45) is 2.06. The molecule has 1 unspecified atom stereocenters. The second-order valence-electron chi connectivity index (χ2n) is 4.47. The molecule has 0 amide bonds. The molecule has 0 saturated carbocycles. The molecule has 0 fully saturated rings. The van der Waals surface area contributed by atoms with Crippen molar-refractivity contribution in [2.45, 2.75) is 32.6 Å². The van der Waals surface area contributed by atoms with Crippen molar-refractivity contribution < 1.29 is 4.39 Å². The van der Waals surface area contributed by atoms with E-state index in [2.05, 4.69) is 4.98 Å². The van der Waals surface area contributed by atoms with Crippen LogP contribution in [0.2, 0.25) is 0 Å². The molecule has 1 nitrogen and oxygen atoms in total. The van der Waals surface area contributed by atoms with E-state index in [1.165, 1.54) is 6.07 Å². The highest BCUT2D eigenvalue weighted by molar-refractivity contribution is 6.21. The van der Waals surface area contributed by atoms with Gasteiger partial charge in [-0.15, -0.1) is 11.6 Å². The maximum atomic E-state index is 13.2. The fourth-order valence-corrected chi connectivity index (χ4v) is 1.19. The summed E-state index contributed by atoms with van der Waals surface area (Å²) in [5, 5.41) is -0.105. The van der Waals surface area contributed by atoms with Crippen molar-refractivity contribution in [1.82, 2.24) is 4.98 Å². The fraction of sp³-hybridized carbons (Fsp3) is 0.545. The predicted molar refractivity (Wildman–Crippen MR) is 57.0 cm³/mol. The molecular weight excluding hydrogens is 201 g/mol. The molecule has 1 rings (SSSR count). The maximum absolute atomic E-state index is 13.2. The van der Waals surface area contributed by atoms with Gasteiger partial charge >= 0.3 is 0 Å². The summed E-state index contributed by atoms with van der Waals surface area (Å²) in [5.74, 6) is -0.276. The normalized spacial score (nSPS) is 14.1. The van der Waals surface area contributed by atoms with Crippen LogP contribution in [0.1, 0.15) is 26.5 Å². The first-order valence-corrected chi connectivity index (χ1v) is 5.08. The van der Waals surface area contributed by atoms with Gasteiger partial charge in [-0.25, -0.2) is 4.39 Å². The molecule has 0 spiro atoms. The Bertz CT molecular complexity index is 306. The van der Waals surface area contributed by atoms with E-state index >= 15 is 0 Å². The van der Waals surface area contributed by atoms with Crippen LogP contribution < -0.4 is 0 Å². The molecule has 0 aliphatic heterocycles. The average molecular weight is 216 g/mol. The third-order valence-electron chi connectivity index (χ3n) is 2.15. The Morgan fingerprint density at radius 2 is 2.14 bits per heavy atom. The zero-order valence-electron chi connectivity index (χ0n) is 8.72. The number of alkyl halides is 1. The molecule has 1 aromatic rings. The van der Waals surface area contributed by atoms with Gasteiger partial charge in [0.05, 0.1) is 5.69 Å². The van der Waals surface area contributed by atoms with Crippen LogP contribution in [0.25, 0.3) is 0 Å².